The molecule has 22 heavy (non-hydrogen) atoms. The van der Waals surface area contributed by atoms with Crippen LogP contribution in [-0.2, 0) is 6.42 Å². The van der Waals surface area contributed by atoms with Crippen molar-refractivity contribution in [1.29, 1.82) is 0 Å². The van der Waals surface area contributed by atoms with Gasteiger partial charge in [-0.1, -0.05) is 12.1 Å². The van der Waals surface area contributed by atoms with E-state index in [1.54, 1.807) is 41.7 Å². The van der Waals surface area contributed by atoms with E-state index in [0.29, 0.717) is 12.0 Å². The monoisotopic (exact) mass is 331 g/mol. The van der Waals surface area contributed by atoms with Crippen molar-refractivity contribution in [3.8, 4) is 11.3 Å². The van der Waals surface area contributed by atoms with Gasteiger partial charge in [0.1, 0.15) is 0 Å². The third-order valence-corrected chi connectivity index (χ3v) is 4.92. The summed E-state index contributed by atoms with van der Waals surface area (Å²) in [7, 11) is 0. The number of nitrogens with zero attached hydrogens (tertiary/aromatic N) is 3. The fourth-order valence-corrected chi connectivity index (χ4v) is 3.57. The average Bonchev–Trinajstić information content (AvgIpc) is 3.09. The van der Waals surface area contributed by atoms with E-state index < -0.39 is 0 Å². The summed E-state index contributed by atoms with van der Waals surface area (Å²) < 4.78 is 0. The van der Waals surface area contributed by atoms with Gasteiger partial charge in [-0.3, -0.25) is 10.1 Å². The predicted octanol–water partition coefficient (Wildman–Crippen LogP) is 4.38. The number of hydrogen-bond acceptors (Lipinski definition) is 6. The first-order chi connectivity index (χ1) is 10.5. The number of thiazole rings is 2. The molecular formula is C15H13N3O2S2. The van der Waals surface area contributed by atoms with Crippen LogP contribution in [0.2, 0.25) is 0 Å². The lowest BCUT2D eigenvalue weighted by molar-refractivity contribution is -0.385. The molecule has 0 spiro atoms. The zero-order chi connectivity index (χ0) is 15.7. The first-order valence-electron chi connectivity index (χ1n) is 6.64. The number of aryl methyl sites for hydroxylation is 2. The molecule has 0 N–H and O–H groups in total. The maximum atomic E-state index is 11.0. The van der Waals surface area contributed by atoms with Gasteiger partial charge in [0, 0.05) is 34.4 Å². The van der Waals surface area contributed by atoms with Gasteiger partial charge in [0.15, 0.2) is 0 Å². The van der Waals surface area contributed by atoms with Gasteiger partial charge in [0.25, 0.3) is 5.69 Å². The maximum Gasteiger partial charge on any atom is 0.272 e. The zero-order valence-corrected chi connectivity index (χ0v) is 13.7. The number of nitro groups is 1. The SMILES string of the molecule is Cc1nc(Cc2nc(-c3ccc(C)c([N+](=O)[O-])c3)cs2)cs1. The van der Waals surface area contributed by atoms with Crippen molar-refractivity contribution in [3.63, 3.8) is 0 Å². The molecule has 112 valence electrons. The summed E-state index contributed by atoms with van der Waals surface area (Å²) in [6, 6.07) is 5.21. The molecular weight excluding hydrogens is 318 g/mol. The molecule has 0 bridgehead atoms. The number of rotatable bonds is 4. The fourth-order valence-electron chi connectivity index (χ4n) is 2.13. The molecule has 2 aromatic heterocycles. The van der Waals surface area contributed by atoms with E-state index in [-0.39, 0.29) is 10.6 Å². The lowest BCUT2D eigenvalue weighted by Crippen LogP contribution is -1.92. The molecule has 3 aromatic rings. The Hall–Kier alpha value is -2.12. The Bertz CT molecular complexity index is 839. The molecule has 0 saturated heterocycles. The van der Waals surface area contributed by atoms with Crippen LogP contribution in [0.3, 0.4) is 0 Å². The highest BCUT2D eigenvalue weighted by Crippen LogP contribution is 2.28. The molecule has 0 saturated carbocycles. The van der Waals surface area contributed by atoms with Gasteiger partial charge < -0.3 is 0 Å². The Morgan fingerprint density at radius 3 is 2.68 bits per heavy atom. The second-order valence-electron chi connectivity index (χ2n) is 4.92. The molecule has 0 amide bonds. The molecule has 0 fully saturated rings. The van der Waals surface area contributed by atoms with E-state index >= 15 is 0 Å². The molecule has 5 nitrogen and oxygen atoms in total. The van der Waals surface area contributed by atoms with E-state index in [9.17, 15) is 10.1 Å². The average molecular weight is 331 g/mol. The normalized spacial score (nSPS) is 10.8. The van der Waals surface area contributed by atoms with E-state index in [2.05, 4.69) is 9.97 Å². The second-order valence-corrected chi connectivity index (χ2v) is 6.92. The molecule has 0 radical (unpaired) electrons. The Kier molecular flexibility index (Phi) is 4.00. The highest BCUT2D eigenvalue weighted by molar-refractivity contribution is 7.10. The molecule has 0 aliphatic carbocycles. The van der Waals surface area contributed by atoms with Crippen molar-refractivity contribution in [2.45, 2.75) is 20.3 Å². The third kappa shape index (κ3) is 3.05. The van der Waals surface area contributed by atoms with Crippen molar-refractivity contribution in [3.05, 3.63) is 60.3 Å². The Morgan fingerprint density at radius 2 is 2.00 bits per heavy atom. The Morgan fingerprint density at radius 1 is 1.18 bits per heavy atom. The lowest BCUT2D eigenvalue weighted by Gasteiger charge is -2.00. The smallest absolute Gasteiger partial charge is 0.258 e. The summed E-state index contributed by atoms with van der Waals surface area (Å²) >= 11 is 3.17. The summed E-state index contributed by atoms with van der Waals surface area (Å²) in [6.45, 7) is 3.71. The Labute approximate surface area is 135 Å². The molecule has 0 atom stereocenters. The minimum absolute atomic E-state index is 0.127. The van der Waals surface area contributed by atoms with Crippen LogP contribution in [0, 0.1) is 24.0 Å². The molecule has 0 aliphatic rings. The van der Waals surface area contributed by atoms with Gasteiger partial charge >= 0.3 is 0 Å². The molecule has 0 aliphatic heterocycles. The van der Waals surface area contributed by atoms with Crippen molar-refractivity contribution < 1.29 is 4.92 Å². The summed E-state index contributed by atoms with van der Waals surface area (Å²) in [5.41, 5.74) is 3.34. The van der Waals surface area contributed by atoms with Gasteiger partial charge in [-0.05, 0) is 13.8 Å². The van der Waals surface area contributed by atoms with Crippen LogP contribution in [0.25, 0.3) is 11.3 Å². The Balaban J connectivity index is 1.87. The fraction of sp³-hybridized carbons (Fsp3) is 0.200. The van der Waals surface area contributed by atoms with E-state index in [4.69, 9.17) is 0 Å². The van der Waals surface area contributed by atoms with E-state index in [1.807, 2.05) is 23.8 Å². The minimum Gasteiger partial charge on any atom is -0.258 e. The molecule has 2 heterocycles. The third-order valence-electron chi connectivity index (χ3n) is 3.25. The number of aromatic nitrogens is 2. The van der Waals surface area contributed by atoms with Gasteiger partial charge in [-0.2, -0.15) is 0 Å². The standard InChI is InChI=1S/C15H13N3O2S2/c1-9-3-4-11(5-14(9)18(19)20)13-8-22-15(17-13)6-12-7-21-10(2)16-12/h3-5,7-8H,6H2,1-2H3. The largest absolute Gasteiger partial charge is 0.272 e. The summed E-state index contributed by atoms with van der Waals surface area (Å²) in [6.07, 6.45) is 0.697. The van der Waals surface area contributed by atoms with Gasteiger partial charge in [-0.25, -0.2) is 9.97 Å². The van der Waals surface area contributed by atoms with Crippen molar-refractivity contribution in [2.75, 3.05) is 0 Å². The van der Waals surface area contributed by atoms with Gasteiger partial charge in [0.05, 0.1) is 26.3 Å². The van der Waals surface area contributed by atoms with E-state index in [0.717, 1.165) is 27.0 Å². The topological polar surface area (TPSA) is 68.9 Å². The summed E-state index contributed by atoms with van der Waals surface area (Å²) in [5, 5.41) is 17.0. The first-order valence-corrected chi connectivity index (χ1v) is 8.39. The van der Waals surface area contributed by atoms with Crippen molar-refractivity contribution in [2.24, 2.45) is 0 Å². The summed E-state index contributed by atoms with van der Waals surface area (Å²) in [5.74, 6) is 0. The van der Waals surface area contributed by atoms with Gasteiger partial charge in [-0.15, -0.1) is 22.7 Å². The van der Waals surface area contributed by atoms with Crippen LogP contribution in [0.15, 0.2) is 29.0 Å². The van der Waals surface area contributed by atoms with Crippen LogP contribution in [0.5, 0.6) is 0 Å². The molecule has 1 aromatic carbocycles. The zero-order valence-electron chi connectivity index (χ0n) is 12.1. The second kappa shape index (κ2) is 5.94. The van der Waals surface area contributed by atoms with Crippen LogP contribution in [0.4, 0.5) is 5.69 Å². The lowest BCUT2D eigenvalue weighted by atomic mass is 10.1. The highest BCUT2D eigenvalue weighted by Gasteiger charge is 2.14. The number of nitro benzene ring substituents is 1. The van der Waals surface area contributed by atoms with Gasteiger partial charge in [0.2, 0.25) is 0 Å². The van der Waals surface area contributed by atoms with Crippen LogP contribution < -0.4 is 0 Å². The predicted molar refractivity (Wildman–Crippen MR) is 88.6 cm³/mol. The minimum atomic E-state index is -0.357. The first kappa shape index (κ1) is 14.8. The van der Waals surface area contributed by atoms with Crippen LogP contribution >= 0.6 is 22.7 Å². The van der Waals surface area contributed by atoms with Crippen LogP contribution in [0.1, 0.15) is 21.3 Å². The molecule has 3 rings (SSSR count). The van der Waals surface area contributed by atoms with Crippen molar-refractivity contribution in [1.82, 2.24) is 9.97 Å². The van der Waals surface area contributed by atoms with Crippen LogP contribution in [-0.4, -0.2) is 14.9 Å². The number of benzene rings is 1. The van der Waals surface area contributed by atoms with E-state index in [1.165, 1.54) is 0 Å². The number of hydrogen-bond donors (Lipinski definition) is 0. The summed E-state index contributed by atoms with van der Waals surface area (Å²) in [4.78, 5) is 19.7. The van der Waals surface area contributed by atoms with Crippen molar-refractivity contribution >= 4 is 28.4 Å². The molecule has 7 heteroatoms. The molecule has 0 unspecified atom stereocenters. The quantitative estimate of drug-likeness (QED) is 0.525. The maximum absolute atomic E-state index is 11.0. The highest BCUT2D eigenvalue weighted by atomic mass is 32.1.